The van der Waals surface area contributed by atoms with E-state index in [-0.39, 0.29) is 24.6 Å². The molecule has 0 bridgehead atoms. The van der Waals surface area contributed by atoms with Crippen LogP contribution in [0.3, 0.4) is 0 Å². The van der Waals surface area contributed by atoms with E-state index >= 15 is 0 Å². The zero-order valence-corrected chi connectivity index (χ0v) is 16.0. The predicted octanol–water partition coefficient (Wildman–Crippen LogP) is 3.33. The van der Waals surface area contributed by atoms with E-state index in [0.717, 1.165) is 6.42 Å². The molecule has 0 spiro atoms. The number of hydrogen-bond donors (Lipinski definition) is 1. The van der Waals surface area contributed by atoms with Crippen LogP contribution in [0.4, 0.5) is 0 Å². The van der Waals surface area contributed by atoms with Crippen LogP contribution in [-0.4, -0.2) is 48.2 Å². The molecule has 0 radical (unpaired) electrons. The van der Waals surface area contributed by atoms with Gasteiger partial charge < -0.3 is 19.3 Å². The van der Waals surface area contributed by atoms with E-state index < -0.39 is 11.2 Å². The Morgan fingerprint density at radius 1 is 1.13 bits per heavy atom. The Morgan fingerprint density at radius 3 is 2.22 bits per heavy atom. The smallest absolute Gasteiger partial charge is 0.338 e. The number of ether oxygens (including phenoxy) is 3. The van der Waals surface area contributed by atoms with Crippen LogP contribution in [0.5, 0.6) is 0 Å². The SMILES string of the molecule is CCC(C)OCCOC(=O)C(C)(CC)OCC(C)CC(C)(C)O. The summed E-state index contributed by atoms with van der Waals surface area (Å²) in [6.07, 6.45) is 2.26. The summed E-state index contributed by atoms with van der Waals surface area (Å²) in [6.45, 7) is 14.3. The molecule has 0 aliphatic heterocycles. The highest BCUT2D eigenvalue weighted by Gasteiger charge is 2.35. The van der Waals surface area contributed by atoms with Crippen LogP contribution < -0.4 is 0 Å². The molecule has 0 aromatic rings. The molecule has 0 rings (SSSR count). The summed E-state index contributed by atoms with van der Waals surface area (Å²) >= 11 is 0. The molecule has 0 amide bonds. The Morgan fingerprint density at radius 2 is 1.74 bits per heavy atom. The van der Waals surface area contributed by atoms with Crippen molar-refractivity contribution in [3.63, 3.8) is 0 Å². The highest BCUT2D eigenvalue weighted by atomic mass is 16.6. The van der Waals surface area contributed by atoms with Crippen LogP contribution in [0.1, 0.15) is 67.7 Å². The second-order valence-corrected chi connectivity index (χ2v) is 7.24. The van der Waals surface area contributed by atoms with Crippen LogP contribution in [0.2, 0.25) is 0 Å². The molecular weight excluding hydrogens is 296 g/mol. The molecule has 23 heavy (non-hydrogen) atoms. The number of aliphatic hydroxyl groups is 1. The lowest BCUT2D eigenvalue weighted by molar-refractivity contribution is -0.174. The molecule has 3 unspecified atom stereocenters. The summed E-state index contributed by atoms with van der Waals surface area (Å²) in [7, 11) is 0. The van der Waals surface area contributed by atoms with E-state index in [9.17, 15) is 9.90 Å². The Kier molecular flexibility index (Phi) is 9.97. The van der Waals surface area contributed by atoms with Crippen molar-refractivity contribution in [1.82, 2.24) is 0 Å². The lowest BCUT2D eigenvalue weighted by atomic mass is 9.95. The van der Waals surface area contributed by atoms with Crippen molar-refractivity contribution in [2.24, 2.45) is 5.92 Å². The van der Waals surface area contributed by atoms with E-state index in [1.807, 2.05) is 27.7 Å². The standard InChI is InChI=1S/C18H36O5/c1-8-15(4)21-10-11-22-16(19)18(7,9-2)23-13-14(3)12-17(5,6)20/h14-15,20H,8-13H2,1-7H3. The number of carbonyl (C=O) groups excluding carboxylic acids is 1. The number of rotatable bonds is 12. The molecule has 0 saturated carbocycles. The maximum Gasteiger partial charge on any atom is 0.338 e. The van der Waals surface area contributed by atoms with Crippen LogP contribution in [0.25, 0.3) is 0 Å². The highest BCUT2D eigenvalue weighted by Crippen LogP contribution is 2.22. The summed E-state index contributed by atoms with van der Waals surface area (Å²) in [5, 5.41) is 9.83. The minimum absolute atomic E-state index is 0.155. The molecule has 1 N–H and O–H groups in total. The Bertz CT molecular complexity index is 337. The maximum atomic E-state index is 12.3. The van der Waals surface area contributed by atoms with Gasteiger partial charge in [0.05, 0.1) is 24.9 Å². The third-order valence-electron chi connectivity index (χ3n) is 3.93. The second-order valence-electron chi connectivity index (χ2n) is 7.24. The molecule has 0 aromatic heterocycles. The van der Waals surface area contributed by atoms with Gasteiger partial charge in [-0.1, -0.05) is 20.8 Å². The van der Waals surface area contributed by atoms with Gasteiger partial charge in [0.25, 0.3) is 0 Å². The first-order valence-electron chi connectivity index (χ1n) is 8.69. The molecule has 0 fully saturated rings. The fraction of sp³-hybridized carbons (Fsp3) is 0.944. The number of esters is 1. The van der Waals surface area contributed by atoms with Crippen LogP contribution in [0.15, 0.2) is 0 Å². The molecule has 0 aromatic carbocycles. The van der Waals surface area contributed by atoms with E-state index in [4.69, 9.17) is 14.2 Å². The van der Waals surface area contributed by atoms with Crippen molar-refractivity contribution in [3.8, 4) is 0 Å². The van der Waals surface area contributed by atoms with Gasteiger partial charge >= 0.3 is 5.97 Å². The lowest BCUT2D eigenvalue weighted by Gasteiger charge is -2.29. The summed E-state index contributed by atoms with van der Waals surface area (Å²) in [5.41, 5.74) is -1.69. The first kappa shape index (κ1) is 22.4. The molecule has 0 heterocycles. The fourth-order valence-electron chi connectivity index (χ4n) is 2.20. The Balaban J connectivity index is 4.27. The average molecular weight is 332 g/mol. The average Bonchev–Trinajstić information content (AvgIpc) is 2.46. The third kappa shape index (κ3) is 9.95. The summed E-state index contributed by atoms with van der Waals surface area (Å²) in [4.78, 5) is 12.3. The molecular formula is C18H36O5. The van der Waals surface area contributed by atoms with E-state index in [2.05, 4.69) is 0 Å². The van der Waals surface area contributed by atoms with Gasteiger partial charge in [0.2, 0.25) is 0 Å². The van der Waals surface area contributed by atoms with E-state index in [1.165, 1.54) is 0 Å². The van der Waals surface area contributed by atoms with Crippen LogP contribution in [-0.2, 0) is 19.0 Å². The molecule has 0 saturated heterocycles. The molecule has 5 nitrogen and oxygen atoms in total. The van der Waals surface area contributed by atoms with Gasteiger partial charge in [-0.2, -0.15) is 0 Å². The number of carbonyl (C=O) groups is 1. The van der Waals surface area contributed by atoms with Crippen molar-refractivity contribution >= 4 is 5.97 Å². The Hall–Kier alpha value is -0.650. The zero-order chi connectivity index (χ0) is 18.1. The quantitative estimate of drug-likeness (QED) is 0.439. The minimum atomic E-state index is -0.954. The first-order valence-corrected chi connectivity index (χ1v) is 8.69. The van der Waals surface area contributed by atoms with Gasteiger partial charge in [0.1, 0.15) is 6.61 Å². The van der Waals surface area contributed by atoms with Crippen molar-refractivity contribution in [2.45, 2.75) is 85.0 Å². The van der Waals surface area contributed by atoms with Gasteiger partial charge in [0, 0.05) is 0 Å². The molecule has 5 heteroatoms. The lowest BCUT2D eigenvalue weighted by Crippen LogP contribution is -2.41. The van der Waals surface area contributed by atoms with Crippen molar-refractivity contribution in [1.29, 1.82) is 0 Å². The Labute approximate surface area is 141 Å². The molecule has 3 atom stereocenters. The van der Waals surface area contributed by atoms with E-state index in [1.54, 1.807) is 20.8 Å². The van der Waals surface area contributed by atoms with Gasteiger partial charge in [-0.15, -0.1) is 0 Å². The molecule has 138 valence electrons. The summed E-state index contributed by atoms with van der Waals surface area (Å²) in [6, 6.07) is 0. The molecule has 0 aliphatic carbocycles. The van der Waals surface area contributed by atoms with Crippen LogP contribution >= 0.6 is 0 Å². The maximum absolute atomic E-state index is 12.3. The first-order chi connectivity index (χ1) is 10.5. The fourth-order valence-corrected chi connectivity index (χ4v) is 2.20. The van der Waals surface area contributed by atoms with E-state index in [0.29, 0.717) is 26.1 Å². The van der Waals surface area contributed by atoms with Gasteiger partial charge in [-0.25, -0.2) is 4.79 Å². The summed E-state index contributed by atoms with van der Waals surface area (Å²) < 4.78 is 16.6. The van der Waals surface area contributed by atoms with Gasteiger partial charge in [0.15, 0.2) is 5.60 Å². The van der Waals surface area contributed by atoms with Crippen molar-refractivity contribution < 1.29 is 24.1 Å². The van der Waals surface area contributed by atoms with Crippen molar-refractivity contribution in [2.75, 3.05) is 19.8 Å². The van der Waals surface area contributed by atoms with Crippen molar-refractivity contribution in [3.05, 3.63) is 0 Å². The minimum Gasteiger partial charge on any atom is -0.461 e. The summed E-state index contributed by atoms with van der Waals surface area (Å²) in [5.74, 6) is -0.203. The van der Waals surface area contributed by atoms with Gasteiger partial charge in [-0.05, 0) is 52.9 Å². The molecule has 0 aliphatic rings. The zero-order valence-electron chi connectivity index (χ0n) is 16.0. The monoisotopic (exact) mass is 332 g/mol. The van der Waals surface area contributed by atoms with Gasteiger partial charge in [-0.3, -0.25) is 0 Å². The predicted molar refractivity (Wildman–Crippen MR) is 91.4 cm³/mol. The highest BCUT2D eigenvalue weighted by molar-refractivity contribution is 5.79. The second kappa shape index (κ2) is 10.3. The topological polar surface area (TPSA) is 65.0 Å². The largest absolute Gasteiger partial charge is 0.461 e. The number of hydrogen-bond acceptors (Lipinski definition) is 5. The van der Waals surface area contributed by atoms with Crippen LogP contribution in [0, 0.1) is 5.92 Å². The third-order valence-corrected chi connectivity index (χ3v) is 3.93. The normalized spacial score (nSPS) is 17.4.